The lowest BCUT2D eigenvalue weighted by Gasteiger charge is -2.30. The fourth-order valence-electron chi connectivity index (χ4n) is 5.44. The minimum absolute atomic E-state index is 0.0770. The van der Waals surface area contributed by atoms with E-state index < -0.39 is 0 Å². The molecule has 0 saturated carbocycles. The number of fused-ring (bicyclic) bond motifs is 1. The Morgan fingerprint density at radius 1 is 1.00 bits per heavy atom. The molecule has 7 nitrogen and oxygen atoms in total. The number of ether oxygens (including phenoxy) is 1. The predicted octanol–water partition coefficient (Wildman–Crippen LogP) is 5.84. The van der Waals surface area contributed by atoms with Gasteiger partial charge >= 0.3 is 0 Å². The molecule has 1 aromatic heterocycles. The smallest absolute Gasteiger partial charge is 0.242 e. The molecule has 1 atom stereocenters. The van der Waals surface area contributed by atoms with Gasteiger partial charge in [-0.3, -0.25) is 14.5 Å². The molecule has 1 fully saturated rings. The fraction of sp³-hybridized carbons (Fsp3) is 0.281. The highest BCUT2D eigenvalue weighted by Gasteiger charge is 2.39. The van der Waals surface area contributed by atoms with Gasteiger partial charge in [0, 0.05) is 29.2 Å². The zero-order chi connectivity index (χ0) is 28.5. The van der Waals surface area contributed by atoms with Crippen molar-refractivity contribution in [1.82, 2.24) is 14.7 Å². The first kappa shape index (κ1) is 27.6. The summed E-state index contributed by atoms with van der Waals surface area (Å²) in [5, 5.41) is 5.55. The number of morpholine rings is 1. The van der Waals surface area contributed by atoms with E-state index in [0.29, 0.717) is 37.1 Å². The number of anilines is 1. The van der Waals surface area contributed by atoms with E-state index in [2.05, 4.69) is 19.9 Å². The highest BCUT2D eigenvalue weighted by Crippen LogP contribution is 2.50. The van der Waals surface area contributed by atoms with Gasteiger partial charge in [-0.25, -0.2) is 4.68 Å². The van der Waals surface area contributed by atoms with Crippen molar-refractivity contribution in [3.8, 4) is 16.9 Å². The minimum Gasteiger partial charge on any atom is -0.378 e. The second-order valence-corrected chi connectivity index (χ2v) is 11.8. The summed E-state index contributed by atoms with van der Waals surface area (Å²) in [4.78, 5) is 31.0. The van der Waals surface area contributed by atoms with Gasteiger partial charge in [-0.05, 0) is 42.7 Å². The molecule has 4 aromatic rings. The second-order valence-electron chi connectivity index (χ2n) is 10.3. The van der Waals surface area contributed by atoms with Gasteiger partial charge in [-0.15, -0.1) is 11.8 Å². The molecule has 2 amide bonds. The second kappa shape index (κ2) is 11.7. The molecule has 41 heavy (non-hydrogen) atoms. The van der Waals surface area contributed by atoms with Gasteiger partial charge in [0.1, 0.15) is 12.4 Å². The Morgan fingerprint density at radius 2 is 1.73 bits per heavy atom. The van der Waals surface area contributed by atoms with Crippen LogP contribution in [0.4, 0.5) is 5.82 Å². The molecule has 2 aliphatic heterocycles. The van der Waals surface area contributed by atoms with Crippen LogP contribution in [0.2, 0.25) is 5.02 Å². The van der Waals surface area contributed by atoms with Crippen LogP contribution in [0.5, 0.6) is 0 Å². The maximum atomic E-state index is 14.0. The molecule has 0 unspecified atom stereocenters. The molecule has 0 spiro atoms. The molecule has 2 aliphatic rings. The Morgan fingerprint density at radius 3 is 2.49 bits per heavy atom. The molecule has 6 rings (SSSR count). The molecule has 3 aromatic carbocycles. The van der Waals surface area contributed by atoms with Crippen LogP contribution in [0.25, 0.3) is 16.9 Å². The van der Waals surface area contributed by atoms with Crippen LogP contribution in [-0.2, 0) is 14.3 Å². The summed E-state index contributed by atoms with van der Waals surface area (Å²) in [6.07, 6.45) is 0. The van der Waals surface area contributed by atoms with Gasteiger partial charge in [0.15, 0.2) is 0 Å². The number of hydrogen-bond acceptors (Lipinski definition) is 5. The van der Waals surface area contributed by atoms with E-state index in [1.54, 1.807) is 9.80 Å². The number of carbonyl (C=O) groups is 2. The maximum Gasteiger partial charge on any atom is 0.242 e. The van der Waals surface area contributed by atoms with Gasteiger partial charge in [0.05, 0.1) is 35.6 Å². The van der Waals surface area contributed by atoms with Gasteiger partial charge in [0.2, 0.25) is 11.8 Å². The van der Waals surface area contributed by atoms with Gasteiger partial charge < -0.3 is 9.64 Å². The Kier molecular flexibility index (Phi) is 7.88. The average Bonchev–Trinajstić information content (AvgIpc) is 3.32. The van der Waals surface area contributed by atoms with Crippen molar-refractivity contribution in [3.63, 3.8) is 0 Å². The number of aromatic nitrogens is 2. The van der Waals surface area contributed by atoms with Gasteiger partial charge in [-0.1, -0.05) is 72.3 Å². The van der Waals surface area contributed by atoms with E-state index in [4.69, 9.17) is 21.4 Å². The number of benzene rings is 3. The van der Waals surface area contributed by atoms with Crippen LogP contribution in [0.1, 0.15) is 27.5 Å². The maximum absolute atomic E-state index is 14.0. The summed E-state index contributed by atoms with van der Waals surface area (Å²) in [5.74, 6) is 0.559. The molecule has 0 aliphatic carbocycles. The van der Waals surface area contributed by atoms with Crippen molar-refractivity contribution in [2.24, 2.45) is 0 Å². The van der Waals surface area contributed by atoms with E-state index in [1.807, 2.05) is 71.4 Å². The van der Waals surface area contributed by atoms with Crippen molar-refractivity contribution >= 4 is 41.0 Å². The van der Waals surface area contributed by atoms with E-state index >= 15 is 0 Å². The quantitative estimate of drug-likeness (QED) is 0.294. The Hall–Kier alpha value is -3.59. The van der Waals surface area contributed by atoms with Crippen molar-refractivity contribution in [1.29, 1.82) is 0 Å². The average molecular weight is 587 g/mol. The number of rotatable bonds is 5. The Balaban J connectivity index is 1.62. The first-order valence-corrected chi connectivity index (χ1v) is 15.1. The first-order chi connectivity index (χ1) is 19.9. The molecule has 1 saturated heterocycles. The van der Waals surface area contributed by atoms with E-state index in [-0.39, 0.29) is 29.4 Å². The van der Waals surface area contributed by atoms with Crippen LogP contribution in [0.15, 0.2) is 72.8 Å². The predicted molar refractivity (Wildman–Crippen MR) is 164 cm³/mol. The number of nitrogens with zero attached hydrogens (tertiary/aromatic N) is 4. The lowest BCUT2D eigenvalue weighted by molar-refractivity contribution is -0.134. The zero-order valence-electron chi connectivity index (χ0n) is 23.0. The number of halogens is 1. The van der Waals surface area contributed by atoms with Crippen molar-refractivity contribution in [2.45, 2.75) is 19.1 Å². The summed E-state index contributed by atoms with van der Waals surface area (Å²) in [6.45, 7) is 6.05. The molecule has 0 bridgehead atoms. The van der Waals surface area contributed by atoms with E-state index in [0.717, 1.165) is 39.2 Å². The Labute approximate surface area is 249 Å². The SMILES string of the molecule is Cc1cccc(-n2nc(-c3ccccc3)c3c2N(CC(=O)N2CCOCC2)C(=O)CS[C@H]3c2ccccc2Cl)c1C. The van der Waals surface area contributed by atoms with Crippen molar-refractivity contribution < 1.29 is 14.3 Å². The van der Waals surface area contributed by atoms with Crippen molar-refractivity contribution in [2.75, 3.05) is 43.5 Å². The van der Waals surface area contributed by atoms with Gasteiger partial charge in [0.25, 0.3) is 0 Å². The number of aryl methyl sites for hydroxylation is 1. The molecule has 0 radical (unpaired) electrons. The molecule has 0 N–H and O–H groups in total. The standard InChI is InChI=1S/C32H31ClN4O3S/c1-21-9-8-14-26(22(21)2)37-32-29(30(34-37)23-10-4-3-5-11-23)31(24-12-6-7-13-25(24)33)41-20-28(39)36(32)19-27(38)35-15-17-40-18-16-35/h3-14,31H,15-20H2,1-2H3/t31-/m0/s1. The summed E-state index contributed by atoms with van der Waals surface area (Å²) in [5.41, 5.74) is 6.50. The van der Waals surface area contributed by atoms with Crippen LogP contribution in [-0.4, -0.2) is 65.1 Å². The summed E-state index contributed by atoms with van der Waals surface area (Å²) < 4.78 is 7.32. The van der Waals surface area contributed by atoms with E-state index in [1.165, 1.54) is 11.8 Å². The highest BCUT2D eigenvalue weighted by atomic mass is 35.5. The van der Waals surface area contributed by atoms with Crippen LogP contribution in [0.3, 0.4) is 0 Å². The fourth-order valence-corrected chi connectivity index (χ4v) is 6.99. The zero-order valence-corrected chi connectivity index (χ0v) is 24.6. The molecule has 3 heterocycles. The summed E-state index contributed by atoms with van der Waals surface area (Å²) >= 11 is 8.31. The highest BCUT2D eigenvalue weighted by molar-refractivity contribution is 8.00. The largest absolute Gasteiger partial charge is 0.378 e. The summed E-state index contributed by atoms with van der Waals surface area (Å²) in [7, 11) is 0. The number of amides is 2. The lowest BCUT2D eigenvalue weighted by atomic mass is 9.99. The number of carbonyl (C=O) groups excluding carboxylic acids is 2. The molecular weight excluding hydrogens is 556 g/mol. The van der Waals surface area contributed by atoms with Crippen LogP contribution < -0.4 is 4.90 Å². The molecular formula is C32H31ClN4O3S. The molecule has 9 heteroatoms. The minimum atomic E-state index is -0.278. The number of hydrogen-bond donors (Lipinski definition) is 0. The summed E-state index contributed by atoms with van der Waals surface area (Å²) in [6, 6.07) is 23.8. The molecule has 210 valence electrons. The van der Waals surface area contributed by atoms with Crippen LogP contribution >= 0.6 is 23.4 Å². The normalized spacial score (nSPS) is 17.3. The third-order valence-corrected chi connectivity index (χ3v) is 9.37. The first-order valence-electron chi connectivity index (χ1n) is 13.7. The Bertz CT molecular complexity index is 1600. The monoisotopic (exact) mass is 586 g/mol. The third-order valence-electron chi connectivity index (χ3n) is 7.79. The number of thioether (sulfide) groups is 1. The van der Waals surface area contributed by atoms with Gasteiger partial charge in [-0.2, -0.15) is 5.10 Å². The topological polar surface area (TPSA) is 67.7 Å². The van der Waals surface area contributed by atoms with Crippen LogP contribution in [0, 0.1) is 13.8 Å². The lowest BCUT2D eigenvalue weighted by Crippen LogP contribution is -2.48. The van der Waals surface area contributed by atoms with Crippen molar-refractivity contribution in [3.05, 3.63) is 100 Å². The third kappa shape index (κ3) is 5.27. The van der Waals surface area contributed by atoms with E-state index in [9.17, 15) is 9.59 Å².